The van der Waals surface area contributed by atoms with Crippen LogP contribution in [0.2, 0.25) is 0 Å². The highest BCUT2D eigenvalue weighted by Crippen LogP contribution is 2.12. The summed E-state index contributed by atoms with van der Waals surface area (Å²) in [6.45, 7) is 1.84. The topological polar surface area (TPSA) is 107 Å². The van der Waals surface area contributed by atoms with Crippen LogP contribution >= 0.6 is 0 Å². The lowest BCUT2D eigenvalue weighted by Gasteiger charge is -2.12. The molecule has 7 nitrogen and oxygen atoms in total. The minimum absolute atomic E-state index is 0.00842. The molecule has 0 unspecified atom stereocenters. The molecule has 2 rings (SSSR count). The van der Waals surface area contributed by atoms with Gasteiger partial charge < -0.3 is 11.1 Å². The van der Waals surface area contributed by atoms with E-state index in [9.17, 15) is 4.79 Å². The van der Waals surface area contributed by atoms with Gasteiger partial charge in [0.1, 0.15) is 0 Å². The van der Waals surface area contributed by atoms with Gasteiger partial charge in [0.05, 0.1) is 6.04 Å². The molecule has 88 valence electrons. The summed E-state index contributed by atoms with van der Waals surface area (Å²) in [5, 5.41) is 9.50. The minimum atomic E-state index is -0.423. The van der Waals surface area contributed by atoms with E-state index in [0.717, 1.165) is 5.56 Å². The lowest BCUT2D eigenvalue weighted by atomic mass is 10.1. The number of aromatic nitrogens is 3. The molecule has 0 aromatic carbocycles. The third-order valence-corrected chi connectivity index (χ3v) is 2.28. The molecule has 1 amide bonds. The zero-order valence-corrected chi connectivity index (χ0v) is 9.12. The Hall–Kier alpha value is -2.44. The Bertz CT molecular complexity index is 510. The SMILES string of the molecule is C[C@H](NC(=O)c1nonc1N)c1ccncc1. The first-order chi connectivity index (χ1) is 8.18. The molecule has 7 heteroatoms. The molecular formula is C10H11N5O2. The first-order valence-corrected chi connectivity index (χ1v) is 4.97. The van der Waals surface area contributed by atoms with E-state index in [2.05, 4.69) is 25.2 Å². The summed E-state index contributed by atoms with van der Waals surface area (Å²) in [7, 11) is 0. The van der Waals surface area contributed by atoms with Crippen LogP contribution in [0.3, 0.4) is 0 Å². The second-order valence-electron chi connectivity index (χ2n) is 3.47. The highest BCUT2D eigenvalue weighted by atomic mass is 16.6. The van der Waals surface area contributed by atoms with Crippen molar-refractivity contribution in [3.05, 3.63) is 35.8 Å². The third kappa shape index (κ3) is 2.39. The second kappa shape index (κ2) is 4.60. The van der Waals surface area contributed by atoms with E-state index < -0.39 is 5.91 Å². The maximum Gasteiger partial charge on any atom is 0.277 e. The van der Waals surface area contributed by atoms with Crippen molar-refractivity contribution in [1.82, 2.24) is 20.6 Å². The van der Waals surface area contributed by atoms with Gasteiger partial charge in [-0.25, -0.2) is 4.63 Å². The highest BCUT2D eigenvalue weighted by molar-refractivity contribution is 5.96. The van der Waals surface area contributed by atoms with E-state index in [1.165, 1.54) is 0 Å². The summed E-state index contributed by atoms with van der Waals surface area (Å²) in [5.74, 6) is -0.447. The fraction of sp³-hybridized carbons (Fsp3) is 0.200. The fourth-order valence-electron chi connectivity index (χ4n) is 1.35. The Morgan fingerprint density at radius 2 is 2.12 bits per heavy atom. The maximum absolute atomic E-state index is 11.7. The molecule has 0 bridgehead atoms. The highest BCUT2D eigenvalue weighted by Gasteiger charge is 2.18. The first-order valence-electron chi connectivity index (χ1n) is 4.97. The van der Waals surface area contributed by atoms with Crippen molar-refractivity contribution in [2.75, 3.05) is 5.73 Å². The van der Waals surface area contributed by atoms with E-state index in [-0.39, 0.29) is 17.6 Å². The van der Waals surface area contributed by atoms with Gasteiger partial charge in [-0.3, -0.25) is 9.78 Å². The van der Waals surface area contributed by atoms with Gasteiger partial charge in [0, 0.05) is 12.4 Å². The van der Waals surface area contributed by atoms with Gasteiger partial charge in [-0.15, -0.1) is 0 Å². The van der Waals surface area contributed by atoms with Crippen molar-refractivity contribution < 1.29 is 9.42 Å². The number of nitrogens with zero attached hydrogens (tertiary/aromatic N) is 3. The predicted octanol–water partition coefficient (Wildman–Crippen LogP) is 0.538. The Morgan fingerprint density at radius 3 is 2.71 bits per heavy atom. The molecule has 2 heterocycles. The molecule has 3 N–H and O–H groups in total. The van der Waals surface area contributed by atoms with Gasteiger partial charge in [0.25, 0.3) is 5.91 Å². The average Bonchev–Trinajstić information content (AvgIpc) is 2.76. The maximum atomic E-state index is 11.7. The summed E-state index contributed by atoms with van der Waals surface area (Å²) in [6, 6.07) is 3.45. The summed E-state index contributed by atoms with van der Waals surface area (Å²) < 4.78 is 4.36. The minimum Gasteiger partial charge on any atom is -0.379 e. The number of nitrogen functional groups attached to an aromatic ring is 1. The number of rotatable bonds is 3. The summed E-state index contributed by atoms with van der Waals surface area (Å²) in [5.41, 5.74) is 6.34. The Balaban J connectivity index is 2.08. The van der Waals surface area contributed by atoms with Crippen LogP contribution in [-0.4, -0.2) is 21.2 Å². The van der Waals surface area contributed by atoms with Crippen molar-refractivity contribution in [1.29, 1.82) is 0 Å². The molecule has 0 aliphatic rings. The van der Waals surface area contributed by atoms with E-state index in [0.29, 0.717) is 0 Å². The quantitative estimate of drug-likeness (QED) is 0.801. The third-order valence-electron chi connectivity index (χ3n) is 2.28. The standard InChI is InChI=1S/C10H11N5O2/c1-6(7-2-4-12-5-3-7)13-10(16)8-9(11)15-17-14-8/h2-6H,1H3,(H2,11,15)(H,13,16)/t6-/m0/s1. The zero-order valence-electron chi connectivity index (χ0n) is 9.12. The van der Waals surface area contributed by atoms with Gasteiger partial charge in [-0.1, -0.05) is 0 Å². The van der Waals surface area contributed by atoms with Gasteiger partial charge >= 0.3 is 0 Å². The smallest absolute Gasteiger partial charge is 0.277 e. The molecule has 0 spiro atoms. The molecule has 2 aromatic heterocycles. The molecular weight excluding hydrogens is 222 g/mol. The van der Waals surface area contributed by atoms with Crippen LogP contribution in [0.4, 0.5) is 5.82 Å². The van der Waals surface area contributed by atoms with E-state index in [4.69, 9.17) is 5.73 Å². The van der Waals surface area contributed by atoms with Gasteiger partial charge in [0.2, 0.25) is 11.5 Å². The van der Waals surface area contributed by atoms with Crippen LogP contribution in [0, 0.1) is 0 Å². The molecule has 0 radical (unpaired) electrons. The predicted molar refractivity (Wildman–Crippen MR) is 58.8 cm³/mol. The molecule has 1 atom stereocenters. The number of anilines is 1. The molecule has 0 fully saturated rings. The number of nitrogens with two attached hydrogens (primary N) is 1. The molecule has 17 heavy (non-hydrogen) atoms. The second-order valence-corrected chi connectivity index (χ2v) is 3.47. The van der Waals surface area contributed by atoms with Crippen LogP contribution in [-0.2, 0) is 0 Å². The number of nitrogens with one attached hydrogen (secondary N) is 1. The first kappa shape index (κ1) is 11.1. The summed E-state index contributed by atoms with van der Waals surface area (Å²) >= 11 is 0. The molecule has 0 aliphatic heterocycles. The van der Waals surface area contributed by atoms with Gasteiger partial charge in [-0.05, 0) is 34.9 Å². The number of hydrogen-bond donors (Lipinski definition) is 2. The van der Waals surface area contributed by atoms with Crippen LogP contribution < -0.4 is 11.1 Å². The molecule has 0 saturated heterocycles. The van der Waals surface area contributed by atoms with Crippen LogP contribution in [0.15, 0.2) is 29.2 Å². The van der Waals surface area contributed by atoms with Crippen molar-refractivity contribution in [3.8, 4) is 0 Å². The van der Waals surface area contributed by atoms with Crippen molar-refractivity contribution in [2.24, 2.45) is 0 Å². The number of carbonyl (C=O) groups is 1. The fourth-order valence-corrected chi connectivity index (χ4v) is 1.35. The number of pyridine rings is 1. The monoisotopic (exact) mass is 233 g/mol. The van der Waals surface area contributed by atoms with E-state index in [1.54, 1.807) is 12.4 Å². The number of amides is 1. The Labute approximate surface area is 97.0 Å². The normalized spacial score (nSPS) is 12.1. The average molecular weight is 233 g/mol. The van der Waals surface area contributed by atoms with Crippen LogP contribution in [0.25, 0.3) is 0 Å². The van der Waals surface area contributed by atoms with Crippen LogP contribution in [0.1, 0.15) is 29.0 Å². The zero-order chi connectivity index (χ0) is 12.3. The van der Waals surface area contributed by atoms with Crippen molar-refractivity contribution in [2.45, 2.75) is 13.0 Å². The number of carbonyl (C=O) groups excluding carboxylic acids is 1. The lowest BCUT2D eigenvalue weighted by Crippen LogP contribution is -2.27. The summed E-state index contributed by atoms with van der Waals surface area (Å²) in [6.07, 6.45) is 3.31. The van der Waals surface area contributed by atoms with Crippen molar-refractivity contribution in [3.63, 3.8) is 0 Å². The molecule has 0 saturated carbocycles. The Morgan fingerprint density at radius 1 is 1.41 bits per heavy atom. The lowest BCUT2D eigenvalue weighted by molar-refractivity contribution is 0.0930. The largest absolute Gasteiger partial charge is 0.379 e. The van der Waals surface area contributed by atoms with Crippen molar-refractivity contribution >= 4 is 11.7 Å². The van der Waals surface area contributed by atoms with E-state index in [1.807, 2.05) is 19.1 Å². The van der Waals surface area contributed by atoms with Gasteiger partial charge in [0.15, 0.2) is 0 Å². The Kier molecular flexibility index (Phi) is 2.99. The molecule has 2 aromatic rings. The van der Waals surface area contributed by atoms with Gasteiger partial charge in [-0.2, -0.15) is 0 Å². The summed E-state index contributed by atoms with van der Waals surface area (Å²) in [4.78, 5) is 15.6. The van der Waals surface area contributed by atoms with Crippen LogP contribution in [0.5, 0.6) is 0 Å². The van der Waals surface area contributed by atoms with E-state index >= 15 is 0 Å². The molecule has 0 aliphatic carbocycles. The number of hydrogen-bond acceptors (Lipinski definition) is 6.